The van der Waals surface area contributed by atoms with E-state index >= 15 is 0 Å². The lowest BCUT2D eigenvalue weighted by Crippen LogP contribution is -1.95. The summed E-state index contributed by atoms with van der Waals surface area (Å²) in [4.78, 5) is 11.0. The fourth-order valence-electron chi connectivity index (χ4n) is 1.01. The first kappa shape index (κ1) is 10.4. The third kappa shape index (κ3) is 2.16. The normalized spacial score (nSPS) is 22.3. The Labute approximate surface area is 82.1 Å². The number of ether oxygens (including phenoxy) is 2. The molecule has 1 fully saturated rings. The number of Topliss-reactive ketones (excluding diaryl/α,β-unsaturated/α-hetero) is 1. The Morgan fingerprint density at radius 2 is 2.07 bits per heavy atom. The van der Waals surface area contributed by atoms with Crippen molar-refractivity contribution in [2.45, 2.75) is 13.8 Å². The minimum Gasteiger partial charge on any atom is -0.515 e. The highest BCUT2D eigenvalue weighted by molar-refractivity contribution is 5.95. The van der Waals surface area contributed by atoms with E-state index in [1.165, 1.54) is 13.0 Å². The first-order chi connectivity index (χ1) is 6.69. The molecule has 0 amide bonds. The molecule has 1 heterocycles. The Balaban J connectivity index is 2.92. The third-order valence-electron chi connectivity index (χ3n) is 1.77. The molecule has 0 aromatic rings. The molecule has 1 saturated heterocycles. The van der Waals surface area contributed by atoms with Crippen LogP contribution in [0.25, 0.3) is 0 Å². The van der Waals surface area contributed by atoms with Gasteiger partial charge in [0.05, 0.1) is 11.8 Å². The van der Waals surface area contributed by atoms with Gasteiger partial charge in [-0.2, -0.15) is 0 Å². The molecule has 0 unspecified atom stereocenters. The Morgan fingerprint density at radius 1 is 1.43 bits per heavy atom. The van der Waals surface area contributed by atoms with E-state index in [4.69, 9.17) is 14.6 Å². The molecule has 4 nitrogen and oxygen atoms in total. The number of aliphatic hydroxyl groups excluding tert-OH is 1. The third-order valence-corrected chi connectivity index (χ3v) is 1.77. The second-order valence-corrected chi connectivity index (χ2v) is 2.71. The number of carbonyl (C=O) groups excluding carboxylic acids is 1. The summed E-state index contributed by atoms with van der Waals surface area (Å²) in [5.41, 5.74) is 0.185. The van der Waals surface area contributed by atoms with Crippen LogP contribution in [-0.2, 0) is 14.3 Å². The fourth-order valence-corrected chi connectivity index (χ4v) is 1.01. The Hall–Kier alpha value is -1.71. The predicted octanol–water partition coefficient (Wildman–Crippen LogP) is 1.81. The van der Waals surface area contributed by atoms with Gasteiger partial charge in [-0.25, -0.2) is 0 Å². The lowest BCUT2D eigenvalue weighted by Gasteiger charge is -1.97. The van der Waals surface area contributed by atoms with E-state index in [1.54, 1.807) is 13.0 Å². The molecule has 4 heteroatoms. The minimum atomic E-state index is -0.231. The van der Waals surface area contributed by atoms with Gasteiger partial charge < -0.3 is 14.6 Å². The van der Waals surface area contributed by atoms with Crippen LogP contribution in [0.2, 0.25) is 0 Å². The molecule has 1 rings (SSSR count). The number of aliphatic hydroxyl groups is 1. The molecule has 0 saturated carbocycles. The maximum absolute atomic E-state index is 11.0. The van der Waals surface area contributed by atoms with E-state index in [0.717, 1.165) is 6.26 Å². The second-order valence-electron chi connectivity index (χ2n) is 2.71. The molecule has 0 bridgehead atoms. The molecule has 76 valence electrons. The van der Waals surface area contributed by atoms with Gasteiger partial charge in [-0.1, -0.05) is 0 Å². The lowest BCUT2D eigenvalue weighted by molar-refractivity contribution is -0.113. The first-order valence-corrected chi connectivity index (χ1v) is 4.18. The van der Waals surface area contributed by atoms with Crippen LogP contribution in [0.5, 0.6) is 0 Å². The Morgan fingerprint density at radius 3 is 2.57 bits per heavy atom. The van der Waals surface area contributed by atoms with Gasteiger partial charge in [0.1, 0.15) is 0 Å². The molecule has 0 aromatic carbocycles. The van der Waals surface area contributed by atoms with Crippen LogP contribution in [-0.4, -0.2) is 17.7 Å². The highest BCUT2D eigenvalue weighted by atomic mass is 16.7. The SMILES string of the molecule is C/C=C1/OCO/C1=C/C(=C/O)C(C)=O. The second kappa shape index (κ2) is 4.50. The fraction of sp³-hybridized carbons (Fsp3) is 0.300. The van der Waals surface area contributed by atoms with E-state index in [2.05, 4.69) is 0 Å². The maximum atomic E-state index is 11.0. The lowest BCUT2D eigenvalue weighted by atomic mass is 10.2. The molecule has 0 atom stereocenters. The van der Waals surface area contributed by atoms with Gasteiger partial charge in [0.25, 0.3) is 0 Å². The van der Waals surface area contributed by atoms with E-state index in [1.807, 2.05) is 0 Å². The van der Waals surface area contributed by atoms with Crippen molar-refractivity contribution in [3.8, 4) is 0 Å². The summed E-state index contributed by atoms with van der Waals surface area (Å²) in [7, 11) is 0. The van der Waals surface area contributed by atoms with Crippen LogP contribution in [0.15, 0.2) is 35.5 Å². The van der Waals surface area contributed by atoms with Gasteiger partial charge in [-0.3, -0.25) is 4.79 Å². The van der Waals surface area contributed by atoms with E-state index in [9.17, 15) is 4.79 Å². The van der Waals surface area contributed by atoms with E-state index in [0.29, 0.717) is 11.5 Å². The summed E-state index contributed by atoms with van der Waals surface area (Å²) in [5, 5.41) is 8.77. The van der Waals surface area contributed by atoms with Crippen molar-refractivity contribution in [1.82, 2.24) is 0 Å². The summed E-state index contributed by atoms with van der Waals surface area (Å²) >= 11 is 0. The maximum Gasteiger partial charge on any atom is 0.231 e. The van der Waals surface area contributed by atoms with Crippen molar-refractivity contribution in [3.63, 3.8) is 0 Å². The minimum absolute atomic E-state index is 0.141. The molecule has 0 aliphatic carbocycles. The molecule has 14 heavy (non-hydrogen) atoms. The summed E-state index contributed by atoms with van der Waals surface area (Å²) in [6, 6.07) is 0. The van der Waals surface area contributed by atoms with Crippen LogP contribution in [0, 0.1) is 0 Å². The molecular formula is C10H12O4. The molecule has 0 aromatic heterocycles. The Kier molecular flexibility index (Phi) is 3.34. The number of hydrogen-bond donors (Lipinski definition) is 1. The van der Waals surface area contributed by atoms with Crippen molar-refractivity contribution >= 4 is 5.78 Å². The molecule has 1 aliphatic heterocycles. The molecule has 1 N–H and O–H groups in total. The number of rotatable bonds is 2. The van der Waals surface area contributed by atoms with Gasteiger partial charge in [-0.05, 0) is 26.0 Å². The van der Waals surface area contributed by atoms with Crippen LogP contribution in [0.3, 0.4) is 0 Å². The standard InChI is InChI=1S/C10H12O4/c1-3-9-10(14-6-13-9)4-8(5-11)7(2)12/h3-5,11H,6H2,1-2H3/b8-5-,9-3+,10-4+. The highest BCUT2D eigenvalue weighted by Gasteiger charge is 2.16. The quantitative estimate of drug-likeness (QED) is 0.540. The predicted molar refractivity (Wildman–Crippen MR) is 50.3 cm³/mol. The molecule has 1 aliphatic rings. The van der Waals surface area contributed by atoms with Gasteiger partial charge in [-0.15, -0.1) is 0 Å². The monoisotopic (exact) mass is 196 g/mol. The van der Waals surface area contributed by atoms with Gasteiger partial charge in [0, 0.05) is 0 Å². The largest absolute Gasteiger partial charge is 0.515 e. The van der Waals surface area contributed by atoms with Crippen molar-refractivity contribution in [3.05, 3.63) is 35.5 Å². The summed E-state index contributed by atoms with van der Waals surface area (Å²) < 4.78 is 10.2. The zero-order valence-electron chi connectivity index (χ0n) is 8.11. The Bertz CT molecular complexity index is 323. The van der Waals surface area contributed by atoms with Crippen molar-refractivity contribution in [2.75, 3.05) is 6.79 Å². The van der Waals surface area contributed by atoms with Gasteiger partial charge >= 0.3 is 0 Å². The summed E-state index contributed by atoms with van der Waals surface area (Å²) in [6.07, 6.45) is 3.93. The van der Waals surface area contributed by atoms with E-state index < -0.39 is 0 Å². The van der Waals surface area contributed by atoms with Crippen LogP contribution < -0.4 is 0 Å². The van der Waals surface area contributed by atoms with Crippen molar-refractivity contribution in [2.24, 2.45) is 0 Å². The van der Waals surface area contributed by atoms with Crippen LogP contribution in [0.4, 0.5) is 0 Å². The van der Waals surface area contributed by atoms with E-state index in [-0.39, 0.29) is 18.1 Å². The number of hydrogen-bond acceptors (Lipinski definition) is 4. The van der Waals surface area contributed by atoms with Gasteiger partial charge in [0.15, 0.2) is 17.3 Å². The smallest absolute Gasteiger partial charge is 0.231 e. The average molecular weight is 196 g/mol. The zero-order chi connectivity index (χ0) is 10.6. The average Bonchev–Trinajstić information content (AvgIpc) is 2.60. The van der Waals surface area contributed by atoms with Crippen LogP contribution in [0.1, 0.15) is 13.8 Å². The van der Waals surface area contributed by atoms with Gasteiger partial charge in [0.2, 0.25) is 6.79 Å². The number of allylic oxidation sites excluding steroid dienone is 3. The summed E-state index contributed by atoms with van der Waals surface area (Å²) in [6.45, 7) is 3.31. The van der Waals surface area contributed by atoms with Crippen molar-refractivity contribution in [1.29, 1.82) is 0 Å². The molecule has 0 radical (unpaired) electrons. The first-order valence-electron chi connectivity index (χ1n) is 4.18. The number of ketones is 1. The number of carbonyl (C=O) groups is 1. The topological polar surface area (TPSA) is 55.8 Å². The molecule has 0 spiro atoms. The molecular weight excluding hydrogens is 184 g/mol. The highest BCUT2D eigenvalue weighted by Crippen LogP contribution is 2.22. The summed E-state index contributed by atoms with van der Waals surface area (Å²) in [5.74, 6) is 0.805. The van der Waals surface area contributed by atoms with Crippen LogP contribution >= 0.6 is 0 Å². The van der Waals surface area contributed by atoms with Crippen molar-refractivity contribution < 1.29 is 19.4 Å². The zero-order valence-corrected chi connectivity index (χ0v) is 8.11.